The van der Waals surface area contributed by atoms with Crippen molar-refractivity contribution in [2.75, 3.05) is 0 Å². The first kappa shape index (κ1) is 15.6. The van der Waals surface area contributed by atoms with Gasteiger partial charge >= 0.3 is 0 Å². The number of aromatic nitrogens is 3. The monoisotopic (exact) mass is 327 g/mol. The Balaban J connectivity index is 2.18. The highest BCUT2D eigenvalue weighted by Gasteiger charge is 2.16. The van der Waals surface area contributed by atoms with Crippen LogP contribution in [-0.2, 0) is 5.41 Å². The maximum Gasteiger partial charge on any atom is 0.115 e. The van der Waals surface area contributed by atoms with Crippen molar-refractivity contribution in [2.24, 2.45) is 0 Å². The third kappa shape index (κ3) is 3.22. The zero-order chi connectivity index (χ0) is 16.6. The minimum absolute atomic E-state index is 0.0239. The van der Waals surface area contributed by atoms with Crippen molar-refractivity contribution < 1.29 is 5.11 Å². The molecule has 0 radical (unpaired) electrons. The van der Waals surface area contributed by atoms with E-state index >= 15 is 0 Å². The van der Waals surface area contributed by atoms with Crippen LogP contribution in [0.3, 0.4) is 0 Å². The number of aliphatic hydroxyl groups excluding tert-OH is 1. The number of hydrogen-bond acceptors (Lipinski definition) is 3. The number of hydrogen-bond donors (Lipinski definition) is 1. The largest absolute Gasteiger partial charge is 0.516 e. The van der Waals surface area contributed by atoms with Gasteiger partial charge in [0.15, 0.2) is 0 Å². The molecule has 0 atom stereocenters. The van der Waals surface area contributed by atoms with Crippen LogP contribution in [0.2, 0.25) is 5.02 Å². The van der Waals surface area contributed by atoms with Crippen molar-refractivity contribution in [3.8, 4) is 5.69 Å². The zero-order valence-corrected chi connectivity index (χ0v) is 14.0. The van der Waals surface area contributed by atoms with Gasteiger partial charge in [-0.1, -0.05) is 38.4 Å². The number of aliphatic hydroxyl groups is 1. The van der Waals surface area contributed by atoms with Crippen LogP contribution >= 0.6 is 11.6 Å². The van der Waals surface area contributed by atoms with Crippen LogP contribution in [0.25, 0.3) is 22.8 Å². The lowest BCUT2D eigenvalue weighted by Gasteiger charge is -2.20. The summed E-state index contributed by atoms with van der Waals surface area (Å²) in [6, 6.07) is 11.5. The molecule has 1 heterocycles. The normalized spacial score (nSPS) is 12.3. The molecule has 0 aliphatic rings. The minimum atomic E-state index is -0.0239. The molecule has 0 spiro atoms. The lowest BCUT2D eigenvalue weighted by Crippen LogP contribution is -2.12. The molecule has 118 valence electrons. The van der Waals surface area contributed by atoms with E-state index in [1.54, 1.807) is 23.0 Å². The summed E-state index contributed by atoms with van der Waals surface area (Å²) in [6.45, 7) is 6.43. The Morgan fingerprint density at radius 1 is 1.04 bits per heavy atom. The van der Waals surface area contributed by atoms with Gasteiger partial charge in [0, 0.05) is 5.02 Å². The Kier molecular flexibility index (Phi) is 3.86. The van der Waals surface area contributed by atoms with Gasteiger partial charge in [-0.3, -0.25) is 0 Å². The molecule has 0 saturated carbocycles. The second-order valence-corrected chi connectivity index (χ2v) is 6.94. The molecule has 4 nitrogen and oxygen atoms in total. The van der Waals surface area contributed by atoms with Crippen LogP contribution < -0.4 is 0 Å². The average Bonchev–Trinajstić information content (AvgIpc) is 2.89. The summed E-state index contributed by atoms with van der Waals surface area (Å²) in [5.74, 6) is 0. The first-order valence-electron chi connectivity index (χ1n) is 7.36. The zero-order valence-electron chi connectivity index (χ0n) is 13.3. The average molecular weight is 328 g/mol. The molecule has 0 amide bonds. The Morgan fingerprint density at radius 3 is 2.48 bits per heavy atom. The second kappa shape index (κ2) is 5.70. The third-order valence-electron chi connectivity index (χ3n) is 3.65. The van der Waals surface area contributed by atoms with Crippen molar-refractivity contribution in [3.05, 3.63) is 58.8 Å². The van der Waals surface area contributed by atoms with Crippen LogP contribution in [-0.4, -0.2) is 20.1 Å². The third-order valence-corrected chi connectivity index (χ3v) is 3.88. The van der Waals surface area contributed by atoms with E-state index in [-0.39, 0.29) is 5.41 Å². The number of rotatable bonds is 2. The molecule has 1 aromatic heterocycles. The van der Waals surface area contributed by atoms with Gasteiger partial charge in [-0.15, -0.1) is 10.2 Å². The van der Waals surface area contributed by atoms with Crippen LogP contribution in [0.5, 0.6) is 0 Å². The number of fused-ring (bicyclic) bond motifs is 1. The molecule has 23 heavy (non-hydrogen) atoms. The maximum atomic E-state index is 9.09. The summed E-state index contributed by atoms with van der Waals surface area (Å²) in [4.78, 5) is 1.60. The number of halogens is 1. The molecular formula is C18H18ClN3O. The number of benzene rings is 2. The molecule has 2 aromatic carbocycles. The van der Waals surface area contributed by atoms with E-state index in [2.05, 4.69) is 43.1 Å². The van der Waals surface area contributed by atoms with Crippen molar-refractivity contribution in [2.45, 2.75) is 26.2 Å². The van der Waals surface area contributed by atoms with Gasteiger partial charge in [-0.05, 0) is 52.9 Å². The van der Waals surface area contributed by atoms with E-state index in [4.69, 9.17) is 16.7 Å². The van der Waals surface area contributed by atoms with E-state index in [0.29, 0.717) is 5.02 Å². The van der Waals surface area contributed by atoms with Gasteiger partial charge in [0.05, 0.1) is 11.9 Å². The molecule has 3 rings (SSSR count). The molecule has 1 N–H and O–H groups in total. The smallest absolute Gasteiger partial charge is 0.115 e. The number of nitrogens with zero attached hydrogens (tertiary/aromatic N) is 3. The lowest BCUT2D eigenvalue weighted by atomic mass is 9.86. The van der Waals surface area contributed by atoms with E-state index in [0.717, 1.165) is 34.1 Å². The van der Waals surface area contributed by atoms with Crippen molar-refractivity contribution in [3.63, 3.8) is 0 Å². The second-order valence-electron chi connectivity index (χ2n) is 6.50. The van der Waals surface area contributed by atoms with Crippen molar-refractivity contribution >= 4 is 28.7 Å². The van der Waals surface area contributed by atoms with Crippen LogP contribution in [0, 0.1) is 0 Å². The van der Waals surface area contributed by atoms with Crippen LogP contribution in [0.1, 0.15) is 31.9 Å². The van der Waals surface area contributed by atoms with E-state index in [1.165, 1.54) is 0 Å². The van der Waals surface area contributed by atoms with Gasteiger partial charge in [0.2, 0.25) is 0 Å². The van der Waals surface area contributed by atoms with E-state index in [1.807, 2.05) is 12.1 Å². The molecule has 0 fully saturated rings. The van der Waals surface area contributed by atoms with Gasteiger partial charge in [0.1, 0.15) is 11.0 Å². The fraction of sp³-hybridized carbons (Fsp3) is 0.222. The summed E-state index contributed by atoms with van der Waals surface area (Å²) in [6.07, 6.45) is 2.69. The van der Waals surface area contributed by atoms with Crippen molar-refractivity contribution in [1.29, 1.82) is 0 Å². The Hall–Kier alpha value is -2.33. The summed E-state index contributed by atoms with van der Waals surface area (Å²) in [7, 11) is 0. The van der Waals surface area contributed by atoms with Crippen LogP contribution in [0.15, 0.2) is 42.7 Å². The fourth-order valence-electron chi connectivity index (χ4n) is 2.37. The highest BCUT2D eigenvalue weighted by Crippen LogP contribution is 2.27. The molecule has 0 saturated heterocycles. The van der Waals surface area contributed by atoms with Crippen molar-refractivity contribution in [1.82, 2.24) is 15.0 Å². The topological polar surface area (TPSA) is 50.9 Å². The Bertz CT molecular complexity index is 891. The lowest BCUT2D eigenvalue weighted by molar-refractivity contribution is 0.478. The van der Waals surface area contributed by atoms with Gasteiger partial charge < -0.3 is 5.11 Å². The minimum Gasteiger partial charge on any atom is -0.516 e. The standard InChI is InChI=1S/C18H18ClN3O/c1-18(2,3)13-8-12(6-7-23)9-15(10-13)22-20-16-5-4-14(19)11-17(16)21-22/h4-11,23H,1-3H3. The molecule has 3 aromatic rings. The molecule has 5 heteroatoms. The summed E-state index contributed by atoms with van der Waals surface area (Å²) in [5, 5.41) is 18.7. The van der Waals surface area contributed by atoms with Gasteiger partial charge in [-0.25, -0.2) is 0 Å². The molecule has 0 unspecified atom stereocenters. The first-order valence-corrected chi connectivity index (χ1v) is 7.74. The molecule has 0 aliphatic carbocycles. The fourth-order valence-corrected chi connectivity index (χ4v) is 2.53. The van der Waals surface area contributed by atoms with E-state index in [9.17, 15) is 0 Å². The Labute approximate surface area is 140 Å². The first-order chi connectivity index (χ1) is 10.9. The Morgan fingerprint density at radius 2 is 1.78 bits per heavy atom. The van der Waals surface area contributed by atoms with Gasteiger partial charge in [-0.2, -0.15) is 4.80 Å². The highest BCUT2D eigenvalue weighted by molar-refractivity contribution is 6.31. The van der Waals surface area contributed by atoms with E-state index < -0.39 is 0 Å². The maximum absolute atomic E-state index is 9.09. The molecule has 0 bridgehead atoms. The molecule has 0 aliphatic heterocycles. The highest BCUT2D eigenvalue weighted by atomic mass is 35.5. The van der Waals surface area contributed by atoms with Gasteiger partial charge in [0.25, 0.3) is 0 Å². The summed E-state index contributed by atoms with van der Waals surface area (Å²) in [5.41, 5.74) is 4.39. The predicted molar refractivity (Wildman–Crippen MR) is 94.2 cm³/mol. The summed E-state index contributed by atoms with van der Waals surface area (Å²) >= 11 is 6.01. The SMILES string of the molecule is CC(C)(C)c1cc(C=CO)cc(-n2nc3ccc(Cl)cc3n2)c1. The quantitative estimate of drug-likeness (QED) is 0.681. The van der Waals surface area contributed by atoms with Crippen LogP contribution in [0.4, 0.5) is 0 Å². The predicted octanol–water partition coefficient (Wildman–Crippen LogP) is 4.90. The summed E-state index contributed by atoms with van der Waals surface area (Å²) < 4.78 is 0. The molecular weight excluding hydrogens is 310 g/mol.